The third-order valence-electron chi connectivity index (χ3n) is 2.10. The lowest BCUT2D eigenvalue weighted by molar-refractivity contribution is -0.136. The zero-order chi connectivity index (χ0) is 10.8. The minimum Gasteiger partial charge on any atom is -0.481 e. The molecular weight excluding hydrogens is 194 g/mol. The van der Waals surface area contributed by atoms with Crippen molar-refractivity contribution >= 4 is 11.6 Å². The highest BCUT2D eigenvalue weighted by Gasteiger charge is 2.04. The van der Waals surface area contributed by atoms with Gasteiger partial charge >= 0.3 is 5.97 Å². The van der Waals surface area contributed by atoms with Gasteiger partial charge in [0.1, 0.15) is 0 Å². The van der Waals surface area contributed by atoms with E-state index < -0.39 is 5.97 Å². The maximum atomic E-state index is 10.4. The van der Waals surface area contributed by atoms with Gasteiger partial charge in [0.25, 0.3) is 0 Å². The van der Waals surface area contributed by atoms with Crippen LogP contribution in [0, 0.1) is 6.92 Å². The summed E-state index contributed by atoms with van der Waals surface area (Å²) in [6.07, 6.45) is 2.31. The maximum Gasteiger partial charge on any atom is 0.303 e. The molecule has 15 heavy (non-hydrogen) atoms. The predicted molar refractivity (Wildman–Crippen MR) is 53.7 cm³/mol. The number of nitrogens with zero attached hydrogens (tertiary/aromatic N) is 3. The molecule has 1 N–H and O–H groups in total. The first-order valence-electron chi connectivity index (χ1n) is 4.69. The lowest BCUT2D eigenvalue weighted by atomic mass is 10.2. The van der Waals surface area contributed by atoms with E-state index in [9.17, 15) is 4.79 Å². The van der Waals surface area contributed by atoms with Crippen LogP contribution in [0.15, 0.2) is 18.3 Å². The molecule has 78 valence electrons. The van der Waals surface area contributed by atoms with Gasteiger partial charge in [-0.05, 0) is 19.1 Å². The SMILES string of the molecule is Cc1ccc2nc(CCC(=O)O)cn2n1. The Morgan fingerprint density at radius 2 is 2.33 bits per heavy atom. The minimum atomic E-state index is -0.809. The van der Waals surface area contributed by atoms with E-state index in [0.717, 1.165) is 17.0 Å². The molecule has 0 atom stereocenters. The standard InChI is InChI=1S/C10H11N3O2/c1-7-2-4-9-11-8(3-5-10(14)15)6-13(9)12-7/h2,4,6H,3,5H2,1H3,(H,14,15). The average molecular weight is 205 g/mol. The summed E-state index contributed by atoms with van der Waals surface area (Å²) in [5.41, 5.74) is 2.42. The van der Waals surface area contributed by atoms with E-state index >= 15 is 0 Å². The normalized spacial score (nSPS) is 10.7. The number of carboxylic acids is 1. The van der Waals surface area contributed by atoms with E-state index in [0.29, 0.717) is 6.42 Å². The van der Waals surface area contributed by atoms with Crippen LogP contribution in [-0.2, 0) is 11.2 Å². The van der Waals surface area contributed by atoms with Gasteiger partial charge in [-0.15, -0.1) is 0 Å². The van der Waals surface area contributed by atoms with Gasteiger partial charge in [-0.1, -0.05) is 0 Å². The molecule has 2 aromatic heterocycles. The Balaban J connectivity index is 2.27. The Hall–Kier alpha value is -1.91. The third kappa shape index (κ3) is 2.12. The smallest absolute Gasteiger partial charge is 0.303 e. The summed E-state index contributed by atoms with van der Waals surface area (Å²) < 4.78 is 1.67. The van der Waals surface area contributed by atoms with Crippen LogP contribution in [-0.4, -0.2) is 25.7 Å². The predicted octanol–water partition coefficient (Wildman–Crippen LogP) is 1.05. The van der Waals surface area contributed by atoms with E-state index in [1.165, 1.54) is 0 Å². The molecule has 0 bridgehead atoms. The van der Waals surface area contributed by atoms with Crippen molar-refractivity contribution in [2.75, 3.05) is 0 Å². The molecule has 0 amide bonds. The van der Waals surface area contributed by atoms with Crippen LogP contribution in [0.4, 0.5) is 0 Å². The van der Waals surface area contributed by atoms with Crippen LogP contribution in [0.1, 0.15) is 17.8 Å². The molecule has 5 heteroatoms. The summed E-state index contributed by atoms with van der Waals surface area (Å²) in [7, 11) is 0. The maximum absolute atomic E-state index is 10.4. The molecule has 2 aromatic rings. The second-order valence-corrected chi connectivity index (χ2v) is 3.40. The zero-order valence-electron chi connectivity index (χ0n) is 8.34. The van der Waals surface area contributed by atoms with Gasteiger partial charge in [-0.25, -0.2) is 9.50 Å². The quantitative estimate of drug-likeness (QED) is 0.813. The highest BCUT2D eigenvalue weighted by molar-refractivity contribution is 5.67. The first-order valence-corrected chi connectivity index (χ1v) is 4.69. The summed E-state index contributed by atoms with van der Waals surface area (Å²) in [5, 5.41) is 12.8. The van der Waals surface area contributed by atoms with Crippen molar-refractivity contribution in [3.05, 3.63) is 29.7 Å². The second kappa shape index (κ2) is 3.68. The summed E-state index contributed by atoms with van der Waals surface area (Å²) in [6.45, 7) is 1.90. The molecule has 5 nitrogen and oxygen atoms in total. The van der Waals surface area contributed by atoms with Crippen LogP contribution in [0.5, 0.6) is 0 Å². The molecule has 0 aliphatic carbocycles. The lowest BCUT2D eigenvalue weighted by Gasteiger charge is -1.91. The molecule has 0 saturated heterocycles. The highest BCUT2D eigenvalue weighted by atomic mass is 16.4. The minimum absolute atomic E-state index is 0.100. The van der Waals surface area contributed by atoms with Crippen molar-refractivity contribution in [1.29, 1.82) is 0 Å². The molecule has 0 unspecified atom stereocenters. The molecule has 0 fully saturated rings. The van der Waals surface area contributed by atoms with Gasteiger partial charge in [0.2, 0.25) is 0 Å². The van der Waals surface area contributed by atoms with Crippen molar-refractivity contribution < 1.29 is 9.90 Å². The number of carboxylic acid groups (broad SMARTS) is 1. The Morgan fingerprint density at radius 3 is 3.07 bits per heavy atom. The summed E-state index contributed by atoms with van der Waals surface area (Å²) in [5.74, 6) is -0.809. The Morgan fingerprint density at radius 1 is 1.53 bits per heavy atom. The van der Waals surface area contributed by atoms with Gasteiger partial charge in [-0.3, -0.25) is 4.79 Å². The fraction of sp³-hybridized carbons (Fsp3) is 0.300. The van der Waals surface area contributed by atoms with Crippen LogP contribution < -0.4 is 0 Å². The van der Waals surface area contributed by atoms with Crippen LogP contribution in [0.2, 0.25) is 0 Å². The molecule has 0 aromatic carbocycles. The molecular formula is C10H11N3O2. The number of rotatable bonds is 3. The number of aromatic nitrogens is 3. The monoisotopic (exact) mass is 205 g/mol. The molecule has 2 heterocycles. The number of aliphatic carboxylic acids is 1. The fourth-order valence-corrected chi connectivity index (χ4v) is 1.38. The first kappa shape index (κ1) is 9.64. The van der Waals surface area contributed by atoms with E-state index in [1.807, 2.05) is 19.1 Å². The Bertz CT molecular complexity index is 504. The van der Waals surface area contributed by atoms with Crippen molar-refractivity contribution in [3.8, 4) is 0 Å². The van der Waals surface area contributed by atoms with E-state index in [4.69, 9.17) is 5.11 Å². The van der Waals surface area contributed by atoms with Crippen molar-refractivity contribution in [2.45, 2.75) is 19.8 Å². The second-order valence-electron chi connectivity index (χ2n) is 3.40. The van der Waals surface area contributed by atoms with Crippen molar-refractivity contribution in [3.63, 3.8) is 0 Å². The van der Waals surface area contributed by atoms with Crippen molar-refractivity contribution in [1.82, 2.24) is 14.6 Å². The van der Waals surface area contributed by atoms with Gasteiger partial charge in [-0.2, -0.15) is 5.10 Å². The van der Waals surface area contributed by atoms with Crippen molar-refractivity contribution in [2.24, 2.45) is 0 Å². The number of aryl methyl sites for hydroxylation is 2. The Kier molecular flexibility index (Phi) is 2.37. The highest BCUT2D eigenvalue weighted by Crippen LogP contribution is 2.06. The summed E-state index contributed by atoms with van der Waals surface area (Å²) in [6, 6.07) is 3.75. The first-order chi connectivity index (χ1) is 7.15. The number of hydrogen-bond acceptors (Lipinski definition) is 3. The number of carbonyl (C=O) groups is 1. The summed E-state index contributed by atoms with van der Waals surface area (Å²) >= 11 is 0. The van der Waals surface area contributed by atoms with E-state index in [-0.39, 0.29) is 6.42 Å². The molecule has 0 radical (unpaired) electrons. The Labute approximate surface area is 86.4 Å². The molecule has 0 aliphatic heterocycles. The lowest BCUT2D eigenvalue weighted by Crippen LogP contribution is -1.97. The third-order valence-corrected chi connectivity index (χ3v) is 2.10. The van der Waals surface area contributed by atoms with Crippen LogP contribution in [0.25, 0.3) is 5.65 Å². The summed E-state index contributed by atoms with van der Waals surface area (Å²) in [4.78, 5) is 14.7. The van der Waals surface area contributed by atoms with Crippen LogP contribution in [0.3, 0.4) is 0 Å². The van der Waals surface area contributed by atoms with E-state index in [2.05, 4.69) is 10.1 Å². The number of fused-ring (bicyclic) bond motifs is 1. The number of hydrogen-bond donors (Lipinski definition) is 1. The van der Waals surface area contributed by atoms with E-state index in [1.54, 1.807) is 10.7 Å². The molecule has 0 aliphatic rings. The van der Waals surface area contributed by atoms with Crippen LogP contribution >= 0.6 is 0 Å². The number of imidazole rings is 1. The molecule has 2 rings (SSSR count). The zero-order valence-corrected chi connectivity index (χ0v) is 8.34. The topological polar surface area (TPSA) is 67.5 Å². The largest absolute Gasteiger partial charge is 0.481 e. The van der Waals surface area contributed by atoms with Gasteiger partial charge in [0.05, 0.1) is 24.0 Å². The fourth-order valence-electron chi connectivity index (χ4n) is 1.38. The molecule has 0 saturated carbocycles. The van der Waals surface area contributed by atoms with Gasteiger partial charge < -0.3 is 5.11 Å². The van der Waals surface area contributed by atoms with Gasteiger partial charge in [0.15, 0.2) is 5.65 Å². The van der Waals surface area contributed by atoms with Gasteiger partial charge in [0, 0.05) is 6.42 Å². The molecule has 0 spiro atoms. The average Bonchev–Trinajstić information content (AvgIpc) is 2.56.